The lowest BCUT2D eigenvalue weighted by molar-refractivity contribution is -0.127. The fourth-order valence-electron chi connectivity index (χ4n) is 3.44. The van der Waals surface area contributed by atoms with Gasteiger partial charge < -0.3 is 15.3 Å². The molecule has 122 valence electrons. The number of rotatable bonds is 6. The highest BCUT2D eigenvalue weighted by atomic mass is 16.3. The standard InChI is InChI=1S/C16H31N3O2/c1-2-19-11-4-3-6-15(19)16(21)17-9-5-10-18-12-7-14(20)8-13-18/h14-15,20H,2-13H2,1H3,(H,17,21). The Labute approximate surface area is 128 Å². The Hall–Kier alpha value is -0.650. The van der Waals surface area contributed by atoms with Crippen LogP contribution in [0.3, 0.4) is 0 Å². The number of nitrogens with zero attached hydrogens (tertiary/aromatic N) is 2. The zero-order valence-corrected chi connectivity index (χ0v) is 13.4. The van der Waals surface area contributed by atoms with Gasteiger partial charge in [-0.2, -0.15) is 0 Å². The van der Waals surface area contributed by atoms with Crippen LogP contribution in [0.25, 0.3) is 0 Å². The van der Waals surface area contributed by atoms with E-state index in [0.29, 0.717) is 0 Å². The van der Waals surface area contributed by atoms with Crippen molar-refractivity contribution in [3.05, 3.63) is 0 Å². The maximum Gasteiger partial charge on any atom is 0.237 e. The van der Waals surface area contributed by atoms with Crippen LogP contribution in [0.4, 0.5) is 0 Å². The van der Waals surface area contributed by atoms with E-state index in [4.69, 9.17) is 0 Å². The number of carbonyl (C=O) groups excluding carboxylic acids is 1. The van der Waals surface area contributed by atoms with Crippen LogP contribution in [-0.4, -0.2) is 72.2 Å². The molecule has 0 aromatic rings. The quantitative estimate of drug-likeness (QED) is 0.713. The van der Waals surface area contributed by atoms with Gasteiger partial charge in [-0.1, -0.05) is 13.3 Å². The molecule has 2 rings (SSSR count). The normalized spacial score (nSPS) is 25.9. The molecule has 0 aromatic heterocycles. The second-order valence-corrected chi connectivity index (χ2v) is 6.36. The number of aliphatic hydroxyl groups excluding tert-OH is 1. The summed E-state index contributed by atoms with van der Waals surface area (Å²) in [7, 11) is 0. The van der Waals surface area contributed by atoms with Crippen LogP contribution in [0.2, 0.25) is 0 Å². The van der Waals surface area contributed by atoms with E-state index in [1.165, 1.54) is 12.8 Å². The minimum Gasteiger partial charge on any atom is -0.393 e. The highest BCUT2D eigenvalue weighted by Gasteiger charge is 2.27. The van der Waals surface area contributed by atoms with Gasteiger partial charge in [0.2, 0.25) is 5.91 Å². The zero-order chi connectivity index (χ0) is 15.1. The lowest BCUT2D eigenvalue weighted by atomic mass is 10.0. The van der Waals surface area contributed by atoms with Gasteiger partial charge in [-0.05, 0) is 51.7 Å². The number of nitrogens with one attached hydrogen (secondary N) is 1. The smallest absolute Gasteiger partial charge is 0.237 e. The number of hydrogen-bond donors (Lipinski definition) is 2. The summed E-state index contributed by atoms with van der Waals surface area (Å²) in [5.41, 5.74) is 0. The van der Waals surface area contributed by atoms with E-state index in [9.17, 15) is 9.90 Å². The molecule has 2 N–H and O–H groups in total. The van der Waals surface area contributed by atoms with Crippen LogP contribution in [0.15, 0.2) is 0 Å². The number of amides is 1. The van der Waals surface area contributed by atoms with Crippen molar-refractivity contribution < 1.29 is 9.90 Å². The van der Waals surface area contributed by atoms with Crippen LogP contribution < -0.4 is 5.32 Å². The summed E-state index contributed by atoms with van der Waals surface area (Å²) in [5.74, 6) is 0.214. The topological polar surface area (TPSA) is 55.8 Å². The molecule has 2 heterocycles. The molecule has 0 aliphatic carbocycles. The summed E-state index contributed by atoms with van der Waals surface area (Å²) in [6.07, 6.45) is 6.07. The van der Waals surface area contributed by atoms with Crippen molar-refractivity contribution in [2.24, 2.45) is 0 Å². The summed E-state index contributed by atoms with van der Waals surface area (Å²) < 4.78 is 0. The summed E-state index contributed by atoms with van der Waals surface area (Å²) in [4.78, 5) is 16.9. The first kappa shape index (κ1) is 16.7. The maximum atomic E-state index is 12.3. The third-order valence-electron chi connectivity index (χ3n) is 4.83. The first-order chi connectivity index (χ1) is 10.2. The SMILES string of the molecule is CCN1CCCCC1C(=O)NCCCN1CCC(O)CC1. The van der Waals surface area contributed by atoms with Crippen molar-refractivity contribution in [1.82, 2.24) is 15.1 Å². The molecule has 5 nitrogen and oxygen atoms in total. The predicted octanol–water partition coefficient (Wildman–Crippen LogP) is 0.824. The van der Waals surface area contributed by atoms with Gasteiger partial charge in [0.1, 0.15) is 0 Å². The fourth-order valence-corrected chi connectivity index (χ4v) is 3.44. The van der Waals surface area contributed by atoms with Gasteiger partial charge in [0.15, 0.2) is 0 Å². The van der Waals surface area contributed by atoms with Gasteiger partial charge in [0.05, 0.1) is 12.1 Å². The highest BCUT2D eigenvalue weighted by molar-refractivity contribution is 5.81. The molecule has 1 amide bonds. The molecule has 2 fully saturated rings. The van der Waals surface area contributed by atoms with Crippen LogP contribution in [0.5, 0.6) is 0 Å². The minimum absolute atomic E-state index is 0.0916. The third-order valence-corrected chi connectivity index (χ3v) is 4.83. The molecule has 2 saturated heterocycles. The number of hydrogen-bond acceptors (Lipinski definition) is 4. The first-order valence-corrected chi connectivity index (χ1v) is 8.63. The lowest BCUT2D eigenvalue weighted by Crippen LogP contribution is -2.49. The molecule has 0 aromatic carbocycles. The van der Waals surface area contributed by atoms with Crippen LogP contribution in [0, 0.1) is 0 Å². The first-order valence-electron chi connectivity index (χ1n) is 8.63. The number of likely N-dealkylation sites (N-methyl/N-ethyl adjacent to an activating group) is 1. The van der Waals surface area contributed by atoms with Gasteiger partial charge in [-0.15, -0.1) is 0 Å². The molecule has 0 saturated carbocycles. The average Bonchev–Trinajstić information content (AvgIpc) is 2.53. The van der Waals surface area contributed by atoms with Gasteiger partial charge in [0, 0.05) is 19.6 Å². The molecular formula is C16H31N3O2. The van der Waals surface area contributed by atoms with Crippen LogP contribution in [-0.2, 0) is 4.79 Å². The van der Waals surface area contributed by atoms with Gasteiger partial charge in [0.25, 0.3) is 0 Å². The van der Waals surface area contributed by atoms with E-state index >= 15 is 0 Å². The molecule has 1 atom stereocenters. The molecule has 0 spiro atoms. The van der Waals surface area contributed by atoms with E-state index in [2.05, 4.69) is 22.0 Å². The van der Waals surface area contributed by atoms with E-state index < -0.39 is 0 Å². The molecule has 2 aliphatic heterocycles. The predicted molar refractivity (Wildman–Crippen MR) is 84.2 cm³/mol. The Balaban J connectivity index is 1.60. The molecule has 0 bridgehead atoms. The Kier molecular flexibility index (Phi) is 6.93. The third kappa shape index (κ3) is 5.24. The number of aliphatic hydroxyl groups is 1. The second kappa shape index (κ2) is 8.71. The van der Waals surface area contributed by atoms with Crippen LogP contribution in [0.1, 0.15) is 45.4 Å². The molecule has 1 unspecified atom stereocenters. The largest absolute Gasteiger partial charge is 0.393 e. The Bertz CT molecular complexity index is 317. The monoisotopic (exact) mass is 297 g/mol. The Morgan fingerprint density at radius 1 is 1.19 bits per heavy atom. The summed E-state index contributed by atoms with van der Waals surface area (Å²) in [6, 6.07) is 0.0916. The molecule has 2 aliphatic rings. The zero-order valence-electron chi connectivity index (χ0n) is 13.4. The van der Waals surface area contributed by atoms with Crippen molar-refractivity contribution in [3.8, 4) is 0 Å². The highest BCUT2D eigenvalue weighted by Crippen LogP contribution is 2.16. The number of piperidine rings is 2. The van der Waals surface area contributed by atoms with E-state index in [-0.39, 0.29) is 18.1 Å². The van der Waals surface area contributed by atoms with Gasteiger partial charge in [-0.3, -0.25) is 9.69 Å². The maximum absolute atomic E-state index is 12.3. The summed E-state index contributed by atoms with van der Waals surface area (Å²) in [6.45, 7) is 7.93. The van der Waals surface area contributed by atoms with Crippen molar-refractivity contribution in [2.75, 3.05) is 39.3 Å². The molecule has 21 heavy (non-hydrogen) atoms. The van der Waals surface area contributed by atoms with E-state index in [1.54, 1.807) is 0 Å². The molecule has 0 radical (unpaired) electrons. The van der Waals surface area contributed by atoms with Gasteiger partial charge >= 0.3 is 0 Å². The Morgan fingerprint density at radius 2 is 1.95 bits per heavy atom. The van der Waals surface area contributed by atoms with Crippen LogP contribution >= 0.6 is 0 Å². The molecule has 5 heteroatoms. The number of likely N-dealkylation sites (tertiary alicyclic amines) is 2. The summed E-state index contributed by atoms with van der Waals surface area (Å²) >= 11 is 0. The second-order valence-electron chi connectivity index (χ2n) is 6.36. The van der Waals surface area contributed by atoms with Crippen molar-refractivity contribution in [3.63, 3.8) is 0 Å². The average molecular weight is 297 g/mol. The van der Waals surface area contributed by atoms with Gasteiger partial charge in [-0.25, -0.2) is 0 Å². The Morgan fingerprint density at radius 3 is 2.67 bits per heavy atom. The van der Waals surface area contributed by atoms with Crippen molar-refractivity contribution in [1.29, 1.82) is 0 Å². The molecular weight excluding hydrogens is 266 g/mol. The van der Waals surface area contributed by atoms with E-state index in [0.717, 1.165) is 65.0 Å². The van der Waals surface area contributed by atoms with E-state index in [1.807, 2.05) is 0 Å². The lowest BCUT2D eigenvalue weighted by Gasteiger charge is -2.33. The summed E-state index contributed by atoms with van der Waals surface area (Å²) in [5, 5.41) is 12.6. The fraction of sp³-hybridized carbons (Fsp3) is 0.938. The van der Waals surface area contributed by atoms with Crippen molar-refractivity contribution >= 4 is 5.91 Å². The number of carbonyl (C=O) groups is 1. The van der Waals surface area contributed by atoms with Crippen molar-refractivity contribution in [2.45, 2.75) is 57.6 Å². The minimum atomic E-state index is -0.104.